The Morgan fingerprint density at radius 1 is 1.60 bits per heavy atom. The quantitative estimate of drug-likeness (QED) is 0.770. The molecule has 2 rings (SSSR count). The number of nitrogens with zero attached hydrogens (tertiary/aromatic N) is 3. The molecular weight excluding hydrogens is 188 g/mol. The summed E-state index contributed by atoms with van der Waals surface area (Å²) in [6.45, 7) is 3.09. The van der Waals surface area contributed by atoms with Crippen molar-refractivity contribution in [2.24, 2.45) is 13.0 Å². The van der Waals surface area contributed by atoms with E-state index in [1.54, 1.807) is 6.33 Å². The Labute approximate surface area is 91.1 Å². The molecule has 4 nitrogen and oxygen atoms in total. The average Bonchev–Trinajstić information content (AvgIpc) is 2.98. The van der Waals surface area contributed by atoms with Gasteiger partial charge >= 0.3 is 0 Å². The number of rotatable bonds is 6. The molecule has 0 aromatic carbocycles. The number of hydrogen-bond acceptors (Lipinski definition) is 3. The summed E-state index contributed by atoms with van der Waals surface area (Å²) in [5.74, 6) is 1.94. The molecule has 0 spiro atoms. The minimum Gasteiger partial charge on any atom is -0.320 e. The van der Waals surface area contributed by atoms with E-state index in [-0.39, 0.29) is 0 Å². The maximum absolute atomic E-state index is 4.08. The predicted octanol–water partition coefficient (Wildman–Crippen LogP) is 1.48. The summed E-state index contributed by atoms with van der Waals surface area (Å²) >= 11 is 0. The van der Waals surface area contributed by atoms with Crippen molar-refractivity contribution in [2.45, 2.75) is 45.2 Å². The third kappa shape index (κ3) is 2.78. The zero-order chi connectivity index (χ0) is 10.7. The van der Waals surface area contributed by atoms with Crippen molar-refractivity contribution < 1.29 is 0 Å². The van der Waals surface area contributed by atoms with Gasteiger partial charge in [0.15, 0.2) is 0 Å². The molecule has 1 fully saturated rings. The molecule has 1 atom stereocenters. The molecule has 0 radical (unpaired) electrons. The lowest BCUT2D eigenvalue weighted by atomic mass is 10.1. The molecule has 1 aliphatic rings. The van der Waals surface area contributed by atoms with Gasteiger partial charge in [0, 0.05) is 13.1 Å². The largest absolute Gasteiger partial charge is 0.320 e. The molecule has 4 heteroatoms. The van der Waals surface area contributed by atoms with Crippen molar-refractivity contribution in [3.63, 3.8) is 0 Å². The van der Waals surface area contributed by atoms with E-state index < -0.39 is 0 Å². The first-order valence-electron chi connectivity index (χ1n) is 5.87. The number of aromatic nitrogens is 3. The molecule has 1 N–H and O–H groups in total. The van der Waals surface area contributed by atoms with E-state index in [4.69, 9.17) is 0 Å². The van der Waals surface area contributed by atoms with Crippen LogP contribution in [-0.2, 0) is 13.6 Å². The zero-order valence-electron chi connectivity index (χ0n) is 9.61. The second-order valence-corrected chi connectivity index (χ2v) is 4.47. The fourth-order valence-electron chi connectivity index (χ4n) is 2.00. The number of nitrogens with one attached hydrogen (secondary N) is 1. The van der Waals surface area contributed by atoms with Crippen LogP contribution in [0.25, 0.3) is 0 Å². The zero-order valence-corrected chi connectivity index (χ0v) is 9.61. The van der Waals surface area contributed by atoms with Crippen LogP contribution in [0, 0.1) is 5.92 Å². The minimum absolute atomic E-state index is 0.687. The van der Waals surface area contributed by atoms with E-state index in [1.165, 1.54) is 25.7 Å². The van der Waals surface area contributed by atoms with Crippen LogP contribution in [0.4, 0.5) is 0 Å². The van der Waals surface area contributed by atoms with E-state index in [0.717, 1.165) is 18.3 Å². The molecule has 1 aromatic heterocycles. The van der Waals surface area contributed by atoms with Crippen LogP contribution in [-0.4, -0.2) is 20.8 Å². The molecule has 1 unspecified atom stereocenters. The maximum atomic E-state index is 4.08. The van der Waals surface area contributed by atoms with Gasteiger partial charge in [0.05, 0.1) is 6.54 Å². The van der Waals surface area contributed by atoms with Crippen molar-refractivity contribution in [3.8, 4) is 0 Å². The molecule has 1 aromatic rings. The highest BCUT2D eigenvalue weighted by atomic mass is 15.3. The standard InChI is InChI=1S/C11H20N4/c1-3-4-10(9-5-6-9)12-7-11-14-13-8-15(11)2/h8-10,12H,3-7H2,1-2H3. The monoisotopic (exact) mass is 208 g/mol. The second-order valence-electron chi connectivity index (χ2n) is 4.47. The second kappa shape index (κ2) is 4.75. The summed E-state index contributed by atoms with van der Waals surface area (Å²) in [5, 5.41) is 11.6. The maximum Gasteiger partial charge on any atom is 0.146 e. The molecule has 84 valence electrons. The SMILES string of the molecule is CCCC(NCc1nncn1C)C1CC1. The molecular formula is C11H20N4. The Hall–Kier alpha value is -0.900. The Morgan fingerprint density at radius 2 is 2.40 bits per heavy atom. The van der Waals surface area contributed by atoms with Crippen molar-refractivity contribution >= 4 is 0 Å². The van der Waals surface area contributed by atoms with Gasteiger partial charge in [0.25, 0.3) is 0 Å². The van der Waals surface area contributed by atoms with Gasteiger partial charge in [0.2, 0.25) is 0 Å². The Morgan fingerprint density at radius 3 is 2.93 bits per heavy atom. The van der Waals surface area contributed by atoms with E-state index in [1.807, 2.05) is 11.6 Å². The van der Waals surface area contributed by atoms with Crippen LogP contribution in [0.5, 0.6) is 0 Å². The summed E-state index contributed by atoms with van der Waals surface area (Å²) in [7, 11) is 1.99. The summed E-state index contributed by atoms with van der Waals surface area (Å²) in [5.41, 5.74) is 0. The first kappa shape index (κ1) is 10.6. The number of hydrogen-bond donors (Lipinski definition) is 1. The molecule has 1 saturated carbocycles. The van der Waals surface area contributed by atoms with Gasteiger partial charge < -0.3 is 9.88 Å². The normalized spacial score (nSPS) is 18.0. The van der Waals surface area contributed by atoms with Gasteiger partial charge in [-0.15, -0.1) is 10.2 Å². The molecule has 0 amide bonds. The predicted molar refractivity (Wildman–Crippen MR) is 59.3 cm³/mol. The lowest BCUT2D eigenvalue weighted by molar-refractivity contribution is 0.421. The van der Waals surface area contributed by atoms with Crippen LogP contribution in [0.1, 0.15) is 38.4 Å². The summed E-state index contributed by atoms with van der Waals surface area (Å²) in [4.78, 5) is 0. The van der Waals surface area contributed by atoms with Gasteiger partial charge in [0.1, 0.15) is 12.2 Å². The van der Waals surface area contributed by atoms with Crippen molar-refractivity contribution in [2.75, 3.05) is 0 Å². The van der Waals surface area contributed by atoms with Gasteiger partial charge in [-0.3, -0.25) is 0 Å². The van der Waals surface area contributed by atoms with Gasteiger partial charge in [-0.2, -0.15) is 0 Å². The van der Waals surface area contributed by atoms with Crippen LogP contribution in [0.15, 0.2) is 6.33 Å². The van der Waals surface area contributed by atoms with Gasteiger partial charge in [-0.25, -0.2) is 0 Å². The third-order valence-electron chi connectivity index (χ3n) is 3.12. The molecule has 0 bridgehead atoms. The Balaban J connectivity index is 1.82. The lowest BCUT2D eigenvalue weighted by Crippen LogP contribution is -2.31. The third-order valence-corrected chi connectivity index (χ3v) is 3.12. The first-order valence-corrected chi connectivity index (χ1v) is 5.87. The lowest BCUT2D eigenvalue weighted by Gasteiger charge is -2.16. The van der Waals surface area contributed by atoms with Gasteiger partial charge in [-0.05, 0) is 25.2 Å². The highest BCUT2D eigenvalue weighted by Crippen LogP contribution is 2.34. The van der Waals surface area contributed by atoms with Crippen LogP contribution in [0.2, 0.25) is 0 Å². The highest BCUT2D eigenvalue weighted by Gasteiger charge is 2.30. The Kier molecular flexibility index (Phi) is 3.36. The van der Waals surface area contributed by atoms with Gasteiger partial charge in [-0.1, -0.05) is 13.3 Å². The van der Waals surface area contributed by atoms with Crippen LogP contribution in [0.3, 0.4) is 0 Å². The van der Waals surface area contributed by atoms with Crippen molar-refractivity contribution in [1.29, 1.82) is 0 Å². The van der Waals surface area contributed by atoms with E-state index in [2.05, 4.69) is 22.4 Å². The fraction of sp³-hybridized carbons (Fsp3) is 0.818. The summed E-state index contributed by atoms with van der Waals surface area (Å²) in [6, 6.07) is 0.687. The summed E-state index contributed by atoms with van der Waals surface area (Å²) < 4.78 is 1.98. The van der Waals surface area contributed by atoms with E-state index in [0.29, 0.717) is 6.04 Å². The van der Waals surface area contributed by atoms with Crippen molar-refractivity contribution in [3.05, 3.63) is 12.2 Å². The highest BCUT2D eigenvalue weighted by molar-refractivity contribution is 4.89. The van der Waals surface area contributed by atoms with Crippen molar-refractivity contribution in [1.82, 2.24) is 20.1 Å². The van der Waals surface area contributed by atoms with E-state index in [9.17, 15) is 0 Å². The average molecular weight is 208 g/mol. The molecule has 15 heavy (non-hydrogen) atoms. The van der Waals surface area contributed by atoms with Crippen LogP contribution < -0.4 is 5.32 Å². The first-order chi connectivity index (χ1) is 7.31. The van der Waals surface area contributed by atoms with E-state index >= 15 is 0 Å². The molecule has 1 aliphatic carbocycles. The van der Waals surface area contributed by atoms with Crippen LogP contribution >= 0.6 is 0 Å². The molecule has 1 heterocycles. The summed E-state index contributed by atoms with van der Waals surface area (Å²) in [6.07, 6.45) is 7.09. The minimum atomic E-state index is 0.687. The molecule has 0 aliphatic heterocycles. The Bertz CT molecular complexity index is 303. The smallest absolute Gasteiger partial charge is 0.146 e. The number of aryl methyl sites for hydroxylation is 1. The molecule has 0 saturated heterocycles. The topological polar surface area (TPSA) is 42.7 Å². The fourth-order valence-corrected chi connectivity index (χ4v) is 2.00.